The van der Waals surface area contributed by atoms with Gasteiger partial charge in [0.05, 0.1) is 7.11 Å². The van der Waals surface area contributed by atoms with Crippen molar-refractivity contribution in [3.63, 3.8) is 0 Å². The molecule has 92 valence electrons. The number of rotatable bonds is 2. The molecule has 1 N–H and O–H groups in total. The molecule has 1 aliphatic heterocycles. The van der Waals surface area contributed by atoms with Crippen molar-refractivity contribution in [2.75, 3.05) is 19.0 Å². The fourth-order valence-electron chi connectivity index (χ4n) is 2.57. The van der Waals surface area contributed by atoms with Gasteiger partial charge in [0.1, 0.15) is 5.75 Å². The summed E-state index contributed by atoms with van der Waals surface area (Å²) in [5.74, 6) is 0.911. The lowest BCUT2D eigenvalue weighted by atomic mass is 9.93. The van der Waals surface area contributed by atoms with Crippen LogP contribution in [0.3, 0.4) is 0 Å². The number of methoxy groups -OCH3 is 1. The number of benzene rings is 2. The number of hydrogen-bond acceptors (Lipinski definition) is 2. The maximum atomic E-state index is 5.30. The van der Waals surface area contributed by atoms with E-state index in [4.69, 9.17) is 4.74 Å². The normalized spacial score (nSPS) is 13.6. The van der Waals surface area contributed by atoms with E-state index in [1.807, 2.05) is 12.1 Å². The number of anilines is 1. The van der Waals surface area contributed by atoms with Gasteiger partial charge in [0, 0.05) is 12.2 Å². The summed E-state index contributed by atoms with van der Waals surface area (Å²) in [5.41, 5.74) is 5.26. The fraction of sp³-hybridized carbons (Fsp3) is 0.250. The average molecular weight is 239 g/mol. The average Bonchev–Trinajstić information content (AvgIpc) is 2.47. The highest BCUT2D eigenvalue weighted by atomic mass is 16.5. The number of fused-ring (bicyclic) bond motifs is 1. The summed E-state index contributed by atoms with van der Waals surface area (Å²) in [7, 11) is 1.71. The first-order valence-electron chi connectivity index (χ1n) is 6.38. The zero-order valence-electron chi connectivity index (χ0n) is 10.6. The van der Waals surface area contributed by atoms with Crippen molar-refractivity contribution >= 4 is 5.69 Å². The van der Waals surface area contributed by atoms with E-state index in [2.05, 4.69) is 35.6 Å². The molecule has 0 spiro atoms. The largest absolute Gasteiger partial charge is 0.497 e. The molecule has 0 aliphatic carbocycles. The lowest BCUT2D eigenvalue weighted by Crippen LogP contribution is -2.12. The third-order valence-electron chi connectivity index (χ3n) is 3.48. The van der Waals surface area contributed by atoms with Crippen molar-refractivity contribution in [1.29, 1.82) is 0 Å². The van der Waals surface area contributed by atoms with Crippen LogP contribution >= 0.6 is 0 Å². The molecule has 0 saturated heterocycles. The SMILES string of the molecule is COc1cccc(-c2cccc3c2CCCN3)c1. The van der Waals surface area contributed by atoms with E-state index in [1.54, 1.807) is 7.11 Å². The van der Waals surface area contributed by atoms with Crippen LogP contribution in [0.2, 0.25) is 0 Å². The molecule has 0 bridgehead atoms. The Labute approximate surface area is 108 Å². The molecule has 2 aromatic carbocycles. The summed E-state index contributed by atoms with van der Waals surface area (Å²) < 4.78 is 5.30. The number of hydrogen-bond donors (Lipinski definition) is 1. The van der Waals surface area contributed by atoms with Crippen molar-refractivity contribution in [3.05, 3.63) is 48.0 Å². The zero-order chi connectivity index (χ0) is 12.4. The lowest BCUT2D eigenvalue weighted by Gasteiger charge is -2.21. The Morgan fingerprint density at radius 1 is 1.11 bits per heavy atom. The van der Waals surface area contributed by atoms with Gasteiger partial charge in [-0.25, -0.2) is 0 Å². The first-order chi connectivity index (χ1) is 8.88. The van der Waals surface area contributed by atoms with Crippen LogP contribution in [-0.4, -0.2) is 13.7 Å². The van der Waals surface area contributed by atoms with Crippen molar-refractivity contribution in [1.82, 2.24) is 0 Å². The molecule has 18 heavy (non-hydrogen) atoms. The van der Waals surface area contributed by atoms with Crippen LogP contribution < -0.4 is 10.1 Å². The smallest absolute Gasteiger partial charge is 0.119 e. The molecule has 1 aliphatic rings. The van der Waals surface area contributed by atoms with Gasteiger partial charge in [-0.1, -0.05) is 24.3 Å². The third kappa shape index (κ3) is 1.94. The summed E-state index contributed by atoms with van der Waals surface area (Å²) in [6.45, 7) is 1.08. The van der Waals surface area contributed by atoms with Gasteiger partial charge in [-0.2, -0.15) is 0 Å². The molecule has 0 radical (unpaired) electrons. The second kappa shape index (κ2) is 4.73. The summed E-state index contributed by atoms with van der Waals surface area (Å²) in [4.78, 5) is 0. The quantitative estimate of drug-likeness (QED) is 0.862. The van der Waals surface area contributed by atoms with Crippen molar-refractivity contribution in [3.8, 4) is 16.9 Å². The van der Waals surface area contributed by atoms with Crippen molar-refractivity contribution < 1.29 is 4.74 Å². The Morgan fingerprint density at radius 3 is 2.89 bits per heavy atom. The van der Waals surface area contributed by atoms with Crippen LogP contribution in [-0.2, 0) is 6.42 Å². The van der Waals surface area contributed by atoms with E-state index < -0.39 is 0 Å². The van der Waals surface area contributed by atoms with Gasteiger partial charge in [0.2, 0.25) is 0 Å². The third-order valence-corrected chi connectivity index (χ3v) is 3.48. The first kappa shape index (κ1) is 11.1. The van der Waals surface area contributed by atoms with Crippen LogP contribution in [0.25, 0.3) is 11.1 Å². The van der Waals surface area contributed by atoms with Crippen molar-refractivity contribution in [2.45, 2.75) is 12.8 Å². The van der Waals surface area contributed by atoms with Gasteiger partial charge >= 0.3 is 0 Å². The molecule has 3 rings (SSSR count). The first-order valence-corrected chi connectivity index (χ1v) is 6.38. The van der Waals surface area contributed by atoms with Gasteiger partial charge in [-0.3, -0.25) is 0 Å². The van der Waals surface area contributed by atoms with Crippen LogP contribution in [0.15, 0.2) is 42.5 Å². The summed E-state index contributed by atoms with van der Waals surface area (Å²) in [6, 6.07) is 14.8. The predicted molar refractivity (Wildman–Crippen MR) is 75.2 cm³/mol. The highest BCUT2D eigenvalue weighted by Gasteiger charge is 2.13. The van der Waals surface area contributed by atoms with E-state index in [-0.39, 0.29) is 0 Å². The summed E-state index contributed by atoms with van der Waals surface area (Å²) in [6.07, 6.45) is 2.35. The van der Waals surface area contributed by atoms with E-state index in [0.717, 1.165) is 18.7 Å². The Hall–Kier alpha value is -1.96. The monoisotopic (exact) mass is 239 g/mol. The second-order valence-electron chi connectivity index (χ2n) is 4.59. The highest BCUT2D eigenvalue weighted by molar-refractivity contribution is 5.75. The molecule has 0 fully saturated rings. The minimum absolute atomic E-state index is 0.911. The van der Waals surface area contributed by atoms with Crippen LogP contribution in [0.4, 0.5) is 5.69 Å². The zero-order valence-corrected chi connectivity index (χ0v) is 10.6. The van der Waals surface area contributed by atoms with Crippen molar-refractivity contribution in [2.24, 2.45) is 0 Å². The molecule has 0 amide bonds. The Bertz CT molecular complexity index is 563. The Balaban J connectivity index is 2.10. The molecule has 0 saturated carbocycles. The molecule has 0 aromatic heterocycles. The van der Waals surface area contributed by atoms with Crippen LogP contribution in [0.1, 0.15) is 12.0 Å². The van der Waals surface area contributed by atoms with Crippen LogP contribution in [0, 0.1) is 0 Å². The van der Waals surface area contributed by atoms with E-state index >= 15 is 0 Å². The summed E-state index contributed by atoms with van der Waals surface area (Å²) in [5, 5.41) is 3.47. The minimum atomic E-state index is 0.911. The molecule has 2 nitrogen and oxygen atoms in total. The maximum Gasteiger partial charge on any atom is 0.119 e. The molecular formula is C16H17NO. The lowest BCUT2D eigenvalue weighted by molar-refractivity contribution is 0.415. The van der Waals surface area contributed by atoms with Crippen LogP contribution in [0.5, 0.6) is 5.75 Å². The maximum absolute atomic E-state index is 5.30. The predicted octanol–water partition coefficient (Wildman–Crippen LogP) is 3.72. The molecular weight excluding hydrogens is 222 g/mol. The van der Waals surface area contributed by atoms with E-state index in [0.29, 0.717) is 0 Å². The topological polar surface area (TPSA) is 21.3 Å². The fourth-order valence-corrected chi connectivity index (χ4v) is 2.57. The van der Waals surface area contributed by atoms with Gasteiger partial charge in [-0.15, -0.1) is 0 Å². The van der Waals surface area contributed by atoms with E-state index in [1.165, 1.54) is 28.8 Å². The molecule has 2 heteroatoms. The number of nitrogens with one attached hydrogen (secondary N) is 1. The molecule has 0 atom stereocenters. The van der Waals surface area contributed by atoms with Gasteiger partial charge in [0.25, 0.3) is 0 Å². The van der Waals surface area contributed by atoms with Gasteiger partial charge in [0.15, 0.2) is 0 Å². The Kier molecular flexibility index (Phi) is 2.93. The number of ether oxygens (including phenoxy) is 1. The van der Waals surface area contributed by atoms with Gasteiger partial charge in [-0.05, 0) is 47.7 Å². The van der Waals surface area contributed by atoms with E-state index in [9.17, 15) is 0 Å². The summed E-state index contributed by atoms with van der Waals surface area (Å²) >= 11 is 0. The molecule has 2 aromatic rings. The second-order valence-corrected chi connectivity index (χ2v) is 4.59. The standard InChI is InChI=1S/C16H17NO/c1-18-13-6-2-5-12(11-13)14-7-3-9-16-15(14)8-4-10-17-16/h2-3,5-7,9,11,17H,4,8,10H2,1H3. The molecule has 0 unspecified atom stereocenters. The molecule has 1 heterocycles. The highest BCUT2D eigenvalue weighted by Crippen LogP contribution is 2.33. The van der Waals surface area contributed by atoms with Gasteiger partial charge < -0.3 is 10.1 Å². The minimum Gasteiger partial charge on any atom is -0.497 e. The Morgan fingerprint density at radius 2 is 2.00 bits per heavy atom.